The fourth-order valence-electron chi connectivity index (χ4n) is 3.56. The van der Waals surface area contributed by atoms with Gasteiger partial charge in [0.15, 0.2) is 9.84 Å². The molecule has 1 saturated heterocycles. The summed E-state index contributed by atoms with van der Waals surface area (Å²) in [6.07, 6.45) is 2.32. The number of rotatable bonds is 2. The fraction of sp³-hybridized carbons (Fsp3) is 0.533. The monoisotopic (exact) mass is 309 g/mol. The number of aliphatic carboxylic acids is 1. The van der Waals surface area contributed by atoms with Crippen LogP contribution in [0.1, 0.15) is 37.8 Å². The number of piperidine rings is 1. The molecule has 6 heteroatoms. The Hall–Kier alpha value is -1.40. The molecule has 1 N–H and O–H groups in total. The Morgan fingerprint density at radius 2 is 2.05 bits per heavy atom. The van der Waals surface area contributed by atoms with Gasteiger partial charge in [0.2, 0.25) is 0 Å². The molecule has 114 valence electrons. The highest BCUT2D eigenvalue weighted by atomic mass is 32.2. The van der Waals surface area contributed by atoms with Crippen molar-refractivity contribution in [1.82, 2.24) is 4.90 Å². The predicted molar refractivity (Wildman–Crippen MR) is 77.8 cm³/mol. The Labute approximate surface area is 124 Å². The SMILES string of the molecule is CC1(C(=O)O)CCCCN1C1CS(=O)(=O)c2ccccc21. The van der Waals surface area contributed by atoms with Crippen LogP contribution in [0, 0.1) is 0 Å². The minimum absolute atomic E-state index is 0.0186. The maximum Gasteiger partial charge on any atom is 0.323 e. The average Bonchev–Trinajstić information content (AvgIpc) is 2.72. The van der Waals surface area contributed by atoms with Gasteiger partial charge >= 0.3 is 5.97 Å². The third-order valence-corrected chi connectivity index (χ3v) is 6.57. The van der Waals surface area contributed by atoms with Crippen molar-refractivity contribution in [1.29, 1.82) is 0 Å². The molecule has 0 aromatic heterocycles. The standard InChI is InChI=1S/C15H19NO4S/c1-15(14(17)18)8-4-5-9-16(15)12-10-21(19,20)13-7-3-2-6-11(12)13/h2-3,6-7,12H,4-5,8-10H2,1H3,(H,17,18). The second-order valence-electron chi connectivity index (χ2n) is 6.06. The third-order valence-electron chi connectivity index (χ3n) is 4.77. The molecule has 21 heavy (non-hydrogen) atoms. The Morgan fingerprint density at radius 3 is 2.76 bits per heavy atom. The molecule has 2 atom stereocenters. The van der Waals surface area contributed by atoms with Crippen molar-refractivity contribution in [3.63, 3.8) is 0 Å². The van der Waals surface area contributed by atoms with Crippen molar-refractivity contribution >= 4 is 15.8 Å². The van der Waals surface area contributed by atoms with Crippen LogP contribution in [0.5, 0.6) is 0 Å². The molecule has 2 heterocycles. The first-order valence-corrected chi connectivity index (χ1v) is 8.83. The predicted octanol–water partition coefficient (Wildman–Crippen LogP) is 1.84. The zero-order chi connectivity index (χ0) is 15.3. The molecule has 0 bridgehead atoms. The van der Waals surface area contributed by atoms with Crippen LogP contribution in [0.3, 0.4) is 0 Å². The number of benzene rings is 1. The first kappa shape index (κ1) is 14.5. The Bertz CT molecular complexity index is 685. The van der Waals surface area contributed by atoms with Gasteiger partial charge in [-0.3, -0.25) is 9.69 Å². The van der Waals surface area contributed by atoms with E-state index in [0.717, 1.165) is 18.4 Å². The van der Waals surface area contributed by atoms with Gasteiger partial charge < -0.3 is 5.11 Å². The van der Waals surface area contributed by atoms with Crippen LogP contribution in [0.15, 0.2) is 29.2 Å². The largest absolute Gasteiger partial charge is 0.480 e. The summed E-state index contributed by atoms with van der Waals surface area (Å²) in [5.74, 6) is -0.890. The van der Waals surface area contributed by atoms with Crippen LogP contribution in [0.2, 0.25) is 0 Å². The van der Waals surface area contributed by atoms with E-state index in [1.54, 1.807) is 25.1 Å². The van der Waals surface area contributed by atoms with Crippen LogP contribution in [0.25, 0.3) is 0 Å². The maximum absolute atomic E-state index is 12.3. The highest BCUT2D eigenvalue weighted by molar-refractivity contribution is 7.91. The third kappa shape index (κ3) is 2.17. The number of carboxylic acid groups (broad SMARTS) is 1. The van der Waals surface area contributed by atoms with Gasteiger partial charge in [-0.15, -0.1) is 0 Å². The number of carboxylic acids is 1. The molecule has 1 aromatic carbocycles. The van der Waals surface area contributed by atoms with Crippen molar-refractivity contribution in [2.45, 2.75) is 42.7 Å². The van der Waals surface area contributed by atoms with E-state index in [1.165, 1.54) is 0 Å². The zero-order valence-corrected chi connectivity index (χ0v) is 12.8. The number of fused-ring (bicyclic) bond motifs is 1. The normalized spacial score (nSPS) is 31.8. The fourth-order valence-corrected chi connectivity index (χ4v) is 5.36. The minimum atomic E-state index is -3.31. The van der Waals surface area contributed by atoms with Crippen LogP contribution < -0.4 is 0 Å². The molecule has 0 spiro atoms. The quantitative estimate of drug-likeness (QED) is 0.902. The first-order valence-electron chi connectivity index (χ1n) is 7.18. The second kappa shape index (κ2) is 4.81. The maximum atomic E-state index is 12.3. The van der Waals surface area contributed by atoms with Crippen LogP contribution in [-0.4, -0.2) is 42.2 Å². The van der Waals surface area contributed by atoms with E-state index < -0.39 is 21.3 Å². The van der Waals surface area contributed by atoms with Crippen LogP contribution in [-0.2, 0) is 14.6 Å². The summed E-state index contributed by atoms with van der Waals surface area (Å²) >= 11 is 0. The molecular weight excluding hydrogens is 290 g/mol. The van der Waals surface area contributed by atoms with E-state index in [1.807, 2.05) is 11.0 Å². The van der Waals surface area contributed by atoms with Gasteiger partial charge in [0.1, 0.15) is 5.54 Å². The summed E-state index contributed by atoms with van der Waals surface area (Å²) in [7, 11) is -3.31. The van der Waals surface area contributed by atoms with E-state index >= 15 is 0 Å². The minimum Gasteiger partial charge on any atom is -0.480 e. The molecule has 3 rings (SSSR count). The van der Waals surface area contributed by atoms with Crippen LogP contribution >= 0.6 is 0 Å². The van der Waals surface area contributed by atoms with E-state index in [9.17, 15) is 18.3 Å². The van der Waals surface area contributed by atoms with E-state index in [4.69, 9.17) is 0 Å². The molecule has 2 unspecified atom stereocenters. The molecule has 0 radical (unpaired) electrons. The Balaban J connectivity index is 2.07. The molecule has 0 amide bonds. The van der Waals surface area contributed by atoms with E-state index in [2.05, 4.69) is 0 Å². The van der Waals surface area contributed by atoms with E-state index in [0.29, 0.717) is 17.9 Å². The van der Waals surface area contributed by atoms with Crippen LogP contribution in [0.4, 0.5) is 0 Å². The van der Waals surface area contributed by atoms with Gasteiger partial charge in [0.05, 0.1) is 16.7 Å². The van der Waals surface area contributed by atoms with Crippen molar-refractivity contribution in [3.05, 3.63) is 29.8 Å². The summed E-state index contributed by atoms with van der Waals surface area (Å²) in [5, 5.41) is 9.62. The number of carbonyl (C=O) groups is 1. The van der Waals surface area contributed by atoms with Gasteiger partial charge in [-0.2, -0.15) is 0 Å². The van der Waals surface area contributed by atoms with Crippen molar-refractivity contribution in [2.24, 2.45) is 0 Å². The molecule has 2 aliphatic heterocycles. The average molecular weight is 309 g/mol. The van der Waals surface area contributed by atoms with Crippen molar-refractivity contribution in [3.8, 4) is 0 Å². The zero-order valence-electron chi connectivity index (χ0n) is 11.9. The Kier molecular flexibility index (Phi) is 3.33. The van der Waals surface area contributed by atoms with Gasteiger partial charge in [0, 0.05) is 0 Å². The molecule has 1 aromatic rings. The molecule has 2 aliphatic rings. The van der Waals surface area contributed by atoms with Crippen molar-refractivity contribution < 1.29 is 18.3 Å². The van der Waals surface area contributed by atoms with Gasteiger partial charge in [-0.25, -0.2) is 8.42 Å². The number of hydrogen-bond acceptors (Lipinski definition) is 4. The lowest BCUT2D eigenvalue weighted by Crippen LogP contribution is -2.56. The number of nitrogens with zero attached hydrogens (tertiary/aromatic N) is 1. The second-order valence-corrected chi connectivity index (χ2v) is 8.07. The smallest absolute Gasteiger partial charge is 0.323 e. The molecular formula is C15H19NO4S. The highest BCUT2D eigenvalue weighted by Gasteiger charge is 2.48. The lowest BCUT2D eigenvalue weighted by Gasteiger charge is -2.45. The topological polar surface area (TPSA) is 74.7 Å². The van der Waals surface area contributed by atoms with Gasteiger partial charge in [-0.1, -0.05) is 18.2 Å². The molecule has 0 aliphatic carbocycles. The summed E-state index contributed by atoms with van der Waals surface area (Å²) in [5.41, 5.74) is -0.248. The first-order chi connectivity index (χ1) is 9.86. The lowest BCUT2D eigenvalue weighted by molar-refractivity contribution is -0.154. The molecule has 1 fully saturated rings. The summed E-state index contributed by atoms with van der Waals surface area (Å²) < 4.78 is 24.6. The summed E-state index contributed by atoms with van der Waals surface area (Å²) in [6.45, 7) is 2.33. The van der Waals surface area contributed by atoms with Gasteiger partial charge in [0.25, 0.3) is 0 Å². The summed E-state index contributed by atoms with van der Waals surface area (Å²) in [6, 6.07) is 6.60. The number of sulfone groups is 1. The molecule has 0 saturated carbocycles. The summed E-state index contributed by atoms with van der Waals surface area (Å²) in [4.78, 5) is 14.0. The van der Waals surface area contributed by atoms with Crippen molar-refractivity contribution in [2.75, 3.05) is 12.3 Å². The highest BCUT2D eigenvalue weighted by Crippen LogP contribution is 2.43. The van der Waals surface area contributed by atoms with E-state index in [-0.39, 0.29) is 11.8 Å². The van der Waals surface area contributed by atoms with Gasteiger partial charge in [-0.05, 0) is 44.4 Å². The Morgan fingerprint density at radius 1 is 1.33 bits per heavy atom. The lowest BCUT2D eigenvalue weighted by atomic mass is 9.86. The number of hydrogen-bond donors (Lipinski definition) is 1. The number of likely N-dealkylation sites (tertiary alicyclic amines) is 1. The molecule has 5 nitrogen and oxygen atoms in total.